The second kappa shape index (κ2) is 19.1. The fourth-order valence-corrected chi connectivity index (χ4v) is 4.44. The van der Waals surface area contributed by atoms with Crippen molar-refractivity contribution in [3.63, 3.8) is 0 Å². The van der Waals surface area contributed by atoms with E-state index in [1.54, 1.807) is 24.3 Å². The number of carbonyl (C=O) groups is 2. The third kappa shape index (κ3) is 12.4. The number of aliphatic carboxylic acids is 1. The van der Waals surface area contributed by atoms with E-state index in [4.69, 9.17) is 22.1 Å². The van der Waals surface area contributed by atoms with Crippen LogP contribution in [0.15, 0.2) is 88.3 Å². The molecule has 2 unspecified atom stereocenters. The first-order valence-corrected chi connectivity index (χ1v) is 15.2. The van der Waals surface area contributed by atoms with Crippen LogP contribution in [-0.2, 0) is 9.59 Å². The largest absolute Gasteiger partial charge is 0.478 e. The number of allylic oxidation sites excluding steroid dienone is 4. The average molecular weight is 664 g/mol. The number of likely N-dealkylation sites (tertiary alicyclic amines) is 1. The summed E-state index contributed by atoms with van der Waals surface area (Å²) in [6.45, 7) is 16.7. The monoisotopic (exact) mass is 662 g/mol. The molecule has 3 N–H and O–H groups in total. The molecule has 3 aliphatic rings. The Balaban J connectivity index is 0.000000491. The summed E-state index contributed by atoms with van der Waals surface area (Å²) in [5, 5.41) is 19.2. The zero-order valence-corrected chi connectivity index (χ0v) is 27.0. The van der Waals surface area contributed by atoms with Gasteiger partial charge in [0.05, 0.1) is 21.9 Å². The van der Waals surface area contributed by atoms with Gasteiger partial charge in [0.25, 0.3) is 0 Å². The molecule has 42 heavy (non-hydrogen) atoms. The molecule has 1 saturated heterocycles. The third-order valence-corrected chi connectivity index (χ3v) is 6.65. The fourth-order valence-electron chi connectivity index (χ4n) is 4.14. The summed E-state index contributed by atoms with van der Waals surface area (Å²) in [5.41, 5.74) is 1.44. The van der Waals surface area contributed by atoms with Crippen LogP contribution in [-0.4, -0.2) is 52.9 Å². The Hall–Kier alpha value is -3.14. The summed E-state index contributed by atoms with van der Waals surface area (Å²) in [6, 6.07) is 6.44. The number of nitrogens with zero attached hydrogens (tertiary/aromatic N) is 2. The van der Waals surface area contributed by atoms with Crippen molar-refractivity contribution in [2.75, 3.05) is 18.4 Å². The topological polar surface area (TPSA) is 106 Å². The molecule has 1 heterocycles. The number of nitrogens with one attached hydrogen (secondary N) is 2. The number of benzene rings is 1. The highest BCUT2D eigenvalue weighted by Gasteiger charge is 2.43. The molecule has 1 saturated carbocycles. The van der Waals surface area contributed by atoms with Gasteiger partial charge in [0, 0.05) is 29.4 Å². The molecule has 2 aliphatic carbocycles. The van der Waals surface area contributed by atoms with E-state index < -0.39 is 17.9 Å². The van der Waals surface area contributed by atoms with Crippen molar-refractivity contribution < 1.29 is 19.1 Å². The number of anilines is 1. The molecule has 4 rings (SSSR count). The molecule has 1 aromatic rings. The van der Waals surface area contributed by atoms with Crippen LogP contribution in [0, 0.1) is 17.2 Å². The maximum atomic E-state index is 14.8. The maximum absolute atomic E-state index is 14.8. The van der Waals surface area contributed by atoms with Gasteiger partial charge in [-0.15, -0.1) is 0 Å². The van der Waals surface area contributed by atoms with Gasteiger partial charge in [-0.05, 0) is 89.7 Å². The highest BCUT2D eigenvalue weighted by molar-refractivity contribution is 9.11. The average Bonchev–Trinajstić information content (AvgIpc) is 3.68. The number of halogens is 3. The van der Waals surface area contributed by atoms with E-state index in [2.05, 4.69) is 44.3 Å². The van der Waals surface area contributed by atoms with Gasteiger partial charge >= 0.3 is 5.97 Å². The Bertz CT molecular complexity index is 1250. The number of hydrogen-bond acceptors (Lipinski definition) is 5. The minimum Gasteiger partial charge on any atom is -0.478 e. The molecular weight excluding hydrogens is 623 g/mol. The van der Waals surface area contributed by atoms with Crippen LogP contribution in [0.4, 0.5) is 10.1 Å². The first-order chi connectivity index (χ1) is 20.0. The second-order valence-corrected chi connectivity index (χ2v) is 10.5. The van der Waals surface area contributed by atoms with Crippen molar-refractivity contribution in [3.05, 3.63) is 88.3 Å². The van der Waals surface area contributed by atoms with Crippen molar-refractivity contribution in [3.8, 4) is 0 Å². The highest BCUT2D eigenvalue weighted by Crippen LogP contribution is 2.37. The summed E-state index contributed by atoms with van der Waals surface area (Å²) >= 11 is 9.10. The van der Waals surface area contributed by atoms with Crippen molar-refractivity contribution in [2.45, 2.75) is 53.0 Å². The number of amides is 1. The molecule has 0 aromatic heterocycles. The molecule has 10 heteroatoms. The van der Waals surface area contributed by atoms with Crippen LogP contribution in [0.2, 0.25) is 5.02 Å². The molecule has 228 valence electrons. The number of carboxylic acids is 1. The van der Waals surface area contributed by atoms with E-state index in [9.17, 15) is 14.0 Å². The Labute approximate surface area is 262 Å². The van der Waals surface area contributed by atoms with Crippen LogP contribution in [0.25, 0.3) is 0 Å². The lowest BCUT2D eigenvalue weighted by atomic mass is 9.97. The van der Waals surface area contributed by atoms with Gasteiger partial charge in [-0.1, -0.05) is 64.6 Å². The van der Waals surface area contributed by atoms with Gasteiger partial charge in [0.1, 0.15) is 5.83 Å². The van der Waals surface area contributed by atoms with Gasteiger partial charge < -0.3 is 15.8 Å². The molecule has 0 spiro atoms. The van der Waals surface area contributed by atoms with Gasteiger partial charge in [-0.3, -0.25) is 9.69 Å². The van der Waals surface area contributed by atoms with Crippen molar-refractivity contribution in [1.29, 1.82) is 5.41 Å². The Morgan fingerprint density at radius 1 is 1.24 bits per heavy atom. The molecule has 1 aliphatic heterocycles. The number of hydrogen-bond donors (Lipinski definition) is 3. The van der Waals surface area contributed by atoms with E-state index in [1.165, 1.54) is 43.4 Å². The SMILES string of the molecule is C=C(Br)/N=C\C=C(/F)C1CCN(CC2CC2)C1C(=O)Nc1cccc(Cl)c1.C=C1C=CC(C(=O)O)=CC1=N.CC.CC. The Kier molecular flexibility index (Phi) is 16.8. The molecule has 7 nitrogen and oxygen atoms in total. The van der Waals surface area contributed by atoms with Crippen LogP contribution in [0.3, 0.4) is 0 Å². The normalized spacial score (nSPS) is 19.9. The minimum atomic E-state index is -1.02. The van der Waals surface area contributed by atoms with E-state index >= 15 is 0 Å². The van der Waals surface area contributed by atoms with E-state index in [0.717, 1.165) is 6.54 Å². The molecule has 2 atom stereocenters. The minimum absolute atomic E-state index is 0.127. The standard InChI is InChI=1S/C20H22BrClFN3O.C8H7NO2.2C2H6/c1-13(21)24-9-7-18(23)17-8-10-26(12-14-5-6-14)19(17)20(27)25-16-4-2-3-15(22)11-16;1-5-2-3-6(8(10)11)4-7(5)9;2*1-2/h2-4,7,9,11,14,17,19H,1,5-6,8,10,12H2,(H,25,27);2-4,9H,1H2,(H,10,11);2*1-2H3/b18-7-,24-9-;;;. The van der Waals surface area contributed by atoms with E-state index in [0.29, 0.717) is 39.8 Å². The Morgan fingerprint density at radius 2 is 1.90 bits per heavy atom. The summed E-state index contributed by atoms with van der Waals surface area (Å²) in [4.78, 5) is 29.4. The quantitative estimate of drug-likeness (QED) is 0.192. The van der Waals surface area contributed by atoms with E-state index in [1.807, 2.05) is 27.7 Å². The first-order valence-electron chi connectivity index (χ1n) is 14.0. The number of carboxylic acid groups (broad SMARTS) is 1. The smallest absolute Gasteiger partial charge is 0.335 e. The van der Waals surface area contributed by atoms with Crippen molar-refractivity contribution in [1.82, 2.24) is 4.90 Å². The van der Waals surface area contributed by atoms with Crippen LogP contribution < -0.4 is 5.32 Å². The highest BCUT2D eigenvalue weighted by atomic mass is 79.9. The van der Waals surface area contributed by atoms with Gasteiger partial charge in [-0.25, -0.2) is 14.2 Å². The fraction of sp³-hybridized carbons (Fsp3) is 0.375. The zero-order chi connectivity index (χ0) is 31.8. The lowest BCUT2D eigenvalue weighted by Gasteiger charge is -2.26. The number of rotatable bonds is 8. The van der Waals surface area contributed by atoms with E-state index in [-0.39, 0.29) is 23.0 Å². The van der Waals surface area contributed by atoms with Gasteiger partial charge in [0.15, 0.2) is 0 Å². The summed E-state index contributed by atoms with van der Waals surface area (Å²) in [6.07, 6.45) is 9.88. The zero-order valence-electron chi connectivity index (χ0n) is 24.7. The second-order valence-electron chi connectivity index (χ2n) is 9.16. The van der Waals surface area contributed by atoms with Crippen LogP contribution >= 0.6 is 27.5 Å². The van der Waals surface area contributed by atoms with Crippen molar-refractivity contribution >= 4 is 57.0 Å². The third-order valence-electron chi connectivity index (χ3n) is 6.21. The predicted molar refractivity (Wildman–Crippen MR) is 176 cm³/mol. The lowest BCUT2D eigenvalue weighted by Crippen LogP contribution is -2.44. The molecule has 1 aromatic carbocycles. The predicted octanol–water partition coefficient (Wildman–Crippen LogP) is 8.36. The molecule has 1 amide bonds. The summed E-state index contributed by atoms with van der Waals surface area (Å²) in [7, 11) is 0. The summed E-state index contributed by atoms with van der Waals surface area (Å²) < 4.78 is 15.2. The molecular formula is C32H41BrClFN4O3. The Morgan fingerprint density at radius 3 is 2.45 bits per heavy atom. The molecule has 2 fully saturated rings. The molecule has 0 radical (unpaired) electrons. The molecule has 0 bridgehead atoms. The van der Waals surface area contributed by atoms with Crippen LogP contribution in [0.5, 0.6) is 0 Å². The van der Waals surface area contributed by atoms with Crippen LogP contribution in [0.1, 0.15) is 47.0 Å². The van der Waals surface area contributed by atoms with Gasteiger partial charge in [0.2, 0.25) is 5.91 Å². The van der Waals surface area contributed by atoms with Gasteiger partial charge in [-0.2, -0.15) is 0 Å². The number of carbonyl (C=O) groups excluding carboxylic acids is 1. The lowest BCUT2D eigenvalue weighted by molar-refractivity contribution is -0.132. The first kappa shape index (κ1) is 36.9. The maximum Gasteiger partial charge on any atom is 0.335 e. The number of aliphatic imine (C=N–C) groups is 1. The summed E-state index contributed by atoms with van der Waals surface area (Å²) in [5.74, 6) is -1.42. The van der Waals surface area contributed by atoms with Crippen molar-refractivity contribution in [2.24, 2.45) is 16.8 Å².